The highest BCUT2D eigenvalue weighted by molar-refractivity contribution is 5.96. The van der Waals surface area contributed by atoms with Crippen molar-refractivity contribution in [2.75, 3.05) is 33.7 Å². The number of benzene rings is 1. The summed E-state index contributed by atoms with van der Waals surface area (Å²) in [6.45, 7) is 2.77. The number of carbonyl (C=O) groups excluding carboxylic acids is 1. The van der Waals surface area contributed by atoms with Crippen LogP contribution in [0.1, 0.15) is 29.6 Å². The zero-order valence-corrected chi connectivity index (χ0v) is 12.3. The highest BCUT2D eigenvalue weighted by Crippen LogP contribution is 2.15. The van der Waals surface area contributed by atoms with Gasteiger partial charge >= 0.3 is 0 Å². The lowest BCUT2D eigenvalue weighted by Gasteiger charge is -2.35. The molecule has 0 aromatic heterocycles. The summed E-state index contributed by atoms with van der Waals surface area (Å²) in [6, 6.07) is 6.87. The quantitative estimate of drug-likeness (QED) is 0.773. The summed E-state index contributed by atoms with van der Waals surface area (Å²) < 4.78 is 13.5. The Morgan fingerprint density at radius 1 is 1.30 bits per heavy atom. The maximum atomic E-state index is 13.5. The molecule has 110 valence electrons. The van der Waals surface area contributed by atoms with Crippen LogP contribution in [0.2, 0.25) is 0 Å². The van der Waals surface area contributed by atoms with Crippen molar-refractivity contribution in [3.8, 4) is 0 Å². The van der Waals surface area contributed by atoms with E-state index >= 15 is 0 Å². The Morgan fingerprint density at radius 2 is 1.95 bits per heavy atom. The minimum absolute atomic E-state index is 0.0992. The van der Waals surface area contributed by atoms with E-state index in [9.17, 15) is 9.18 Å². The van der Waals surface area contributed by atoms with E-state index in [-0.39, 0.29) is 11.3 Å². The Hall–Kier alpha value is -1.26. The number of hydrogen-bond acceptors (Lipinski definition) is 3. The number of Topliss-reactive ketones (excluding diaryl/α,β-unsaturated/α-hetero) is 1. The lowest BCUT2D eigenvalue weighted by Crippen LogP contribution is -2.42. The molecule has 0 spiro atoms. The molecule has 0 saturated carbocycles. The standard InChI is InChI=1S/C16H23FN2O/c1-18(2)13-7-10-19(11-8-13)12-9-16(20)14-5-3-4-6-15(14)17/h3-6,13H,7-12H2,1-2H3. The molecule has 1 aromatic rings. The molecule has 0 atom stereocenters. The highest BCUT2D eigenvalue weighted by atomic mass is 19.1. The fourth-order valence-corrected chi connectivity index (χ4v) is 2.74. The molecule has 0 amide bonds. The van der Waals surface area contributed by atoms with Gasteiger partial charge in [0.15, 0.2) is 5.78 Å². The van der Waals surface area contributed by atoms with Crippen molar-refractivity contribution in [2.24, 2.45) is 0 Å². The van der Waals surface area contributed by atoms with Gasteiger partial charge in [0.1, 0.15) is 5.82 Å². The van der Waals surface area contributed by atoms with Crippen molar-refractivity contribution < 1.29 is 9.18 Å². The third-order valence-corrected chi connectivity index (χ3v) is 4.12. The fraction of sp³-hybridized carbons (Fsp3) is 0.562. The molecule has 0 unspecified atom stereocenters. The summed E-state index contributed by atoms with van der Waals surface area (Å²) in [6.07, 6.45) is 2.68. The van der Waals surface area contributed by atoms with Crippen molar-refractivity contribution in [2.45, 2.75) is 25.3 Å². The van der Waals surface area contributed by atoms with Crippen LogP contribution in [0.4, 0.5) is 4.39 Å². The van der Waals surface area contributed by atoms with E-state index in [4.69, 9.17) is 0 Å². The Balaban J connectivity index is 1.79. The van der Waals surface area contributed by atoms with Crippen LogP contribution in [0.5, 0.6) is 0 Å². The van der Waals surface area contributed by atoms with Gasteiger partial charge in [-0.05, 0) is 52.2 Å². The maximum Gasteiger partial charge on any atom is 0.167 e. The van der Waals surface area contributed by atoms with Crippen LogP contribution in [0.15, 0.2) is 24.3 Å². The summed E-state index contributed by atoms with van der Waals surface area (Å²) >= 11 is 0. The van der Waals surface area contributed by atoms with Gasteiger partial charge < -0.3 is 9.80 Å². The van der Waals surface area contributed by atoms with Gasteiger partial charge in [-0.2, -0.15) is 0 Å². The minimum atomic E-state index is -0.413. The lowest BCUT2D eigenvalue weighted by atomic mass is 10.0. The summed E-state index contributed by atoms with van der Waals surface area (Å²) in [4.78, 5) is 16.6. The normalized spacial score (nSPS) is 17.6. The average Bonchev–Trinajstić information content (AvgIpc) is 2.45. The van der Waals surface area contributed by atoms with Crippen molar-refractivity contribution in [3.05, 3.63) is 35.6 Å². The first kappa shape index (κ1) is 15.1. The summed E-state index contributed by atoms with van der Waals surface area (Å²) in [7, 11) is 4.23. The molecule has 4 heteroatoms. The highest BCUT2D eigenvalue weighted by Gasteiger charge is 2.21. The third-order valence-electron chi connectivity index (χ3n) is 4.12. The molecular weight excluding hydrogens is 255 g/mol. The van der Waals surface area contributed by atoms with Crippen LogP contribution < -0.4 is 0 Å². The van der Waals surface area contributed by atoms with Gasteiger partial charge in [-0.25, -0.2) is 4.39 Å². The number of ketones is 1. The van der Waals surface area contributed by atoms with Gasteiger partial charge in [0.2, 0.25) is 0 Å². The van der Waals surface area contributed by atoms with E-state index in [0.29, 0.717) is 12.5 Å². The second-order valence-electron chi connectivity index (χ2n) is 5.69. The first-order chi connectivity index (χ1) is 9.58. The molecule has 0 bridgehead atoms. The molecule has 1 heterocycles. The number of likely N-dealkylation sites (tertiary alicyclic amines) is 1. The van der Waals surface area contributed by atoms with Crippen molar-refractivity contribution >= 4 is 5.78 Å². The number of hydrogen-bond donors (Lipinski definition) is 0. The Bertz CT molecular complexity index is 454. The first-order valence-electron chi connectivity index (χ1n) is 7.24. The Kier molecular flexibility index (Phi) is 5.26. The predicted molar refractivity (Wildman–Crippen MR) is 78.5 cm³/mol. The molecule has 1 aromatic carbocycles. The SMILES string of the molecule is CN(C)C1CCN(CCC(=O)c2ccccc2F)CC1. The van der Waals surface area contributed by atoms with Gasteiger partial charge in [-0.15, -0.1) is 0 Å². The van der Waals surface area contributed by atoms with Gasteiger partial charge in [-0.3, -0.25) is 4.79 Å². The monoisotopic (exact) mass is 278 g/mol. The van der Waals surface area contributed by atoms with E-state index in [2.05, 4.69) is 23.9 Å². The van der Waals surface area contributed by atoms with Crippen molar-refractivity contribution in [1.29, 1.82) is 0 Å². The zero-order valence-electron chi connectivity index (χ0n) is 12.3. The van der Waals surface area contributed by atoms with E-state index in [1.54, 1.807) is 18.2 Å². The second-order valence-corrected chi connectivity index (χ2v) is 5.69. The van der Waals surface area contributed by atoms with E-state index in [0.717, 1.165) is 32.5 Å². The van der Waals surface area contributed by atoms with Crippen LogP contribution in [0.25, 0.3) is 0 Å². The van der Waals surface area contributed by atoms with Crippen LogP contribution in [-0.2, 0) is 0 Å². The Morgan fingerprint density at radius 3 is 2.55 bits per heavy atom. The predicted octanol–water partition coefficient (Wildman–Crippen LogP) is 2.42. The topological polar surface area (TPSA) is 23.6 Å². The Labute approximate surface area is 120 Å². The number of piperidine rings is 1. The van der Waals surface area contributed by atoms with Crippen LogP contribution in [0, 0.1) is 5.82 Å². The number of rotatable bonds is 5. The third kappa shape index (κ3) is 3.87. The van der Waals surface area contributed by atoms with Crippen LogP contribution in [-0.4, -0.2) is 55.4 Å². The van der Waals surface area contributed by atoms with Gasteiger partial charge in [-0.1, -0.05) is 12.1 Å². The maximum absolute atomic E-state index is 13.5. The molecule has 0 N–H and O–H groups in total. The number of nitrogens with zero attached hydrogens (tertiary/aromatic N) is 2. The summed E-state index contributed by atoms with van der Waals surface area (Å²) in [5.41, 5.74) is 0.218. The van der Waals surface area contributed by atoms with Gasteiger partial charge in [0.05, 0.1) is 5.56 Å². The molecule has 0 aliphatic carbocycles. The average molecular weight is 278 g/mol. The molecule has 0 radical (unpaired) electrons. The molecule has 20 heavy (non-hydrogen) atoms. The number of carbonyl (C=O) groups is 1. The molecule has 1 saturated heterocycles. The first-order valence-corrected chi connectivity index (χ1v) is 7.24. The summed E-state index contributed by atoms with van der Waals surface area (Å²) in [5, 5.41) is 0. The van der Waals surface area contributed by atoms with Gasteiger partial charge in [0, 0.05) is 19.0 Å². The minimum Gasteiger partial charge on any atom is -0.306 e. The van der Waals surface area contributed by atoms with Crippen molar-refractivity contribution in [3.63, 3.8) is 0 Å². The van der Waals surface area contributed by atoms with E-state index in [1.165, 1.54) is 6.07 Å². The molecule has 1 fully saturated rings. The van der Waals surface area contributed by atoms with Crippen molar-refractivity contribution in [1.82, 2.24) is 9.80 Å². The molecule has 2 rings (SSSR count). The second kappa shape index (κ2) is 6.95. The van der Waals surface area contributed by atoms with Crippen LogP contribution in [0.3, 0.4) is 0 Å². The number of halogens is 1. The lowest BCUT2D eigenvalue weighted by molar-refractivity contribution is 0.0936. The molecule has 1 aliphatic rings. The fourth-order valence-electron chi connectivity index (χ4n) is 2.74. The molecule has 1 aliphatic heterocycles. The van der Waals surface area contributed by atoms with E-state index in [1.807, 2.05) is 0 Å². The van der Waals surface area contributed by atoms with Gasteiger partial charge in [0.25, 0.3) is 0 Å². The molecule has 3 nitrogen and oxygen atoms in total. The summed E-state index contributed by atoms with van der Waals surface area (Å²) in [5.74, 6) is -0.512. The van der Waals surface area contributed by atoms with E-state index < -0.39 is 5.82 Å². The largest absolute Gasteiger partial charge is 0.306 e. The zero-order chi connectivity index (χ0) is 14.5. The smallest absolute Gasteiger partial charge is 0.167 e. The van der Waals surface area contributed by atoms with Crippen LogP contribution >= 0.6 is 0 Å². The molecular formula is C16H23FN2O.